The summed E-state index contributed by atoms with van der Waals surface area (Å²) in [5, 5.41) is 4.53. The summed E-state index contributed by atoms with van der Waals surface area (Å²) >= 11 is 10.9. The van der Waals surface area contributed by atoms with Gasteiger partial charge in [0.05, 0.1) is 10.5 Å². The summed E-state index contributed by atoms with van der Waals surface area (Å²) in [6.45, 7) is 4.16. The number of halogens is 2. The predicted molar refractivity (Wildman–Crippen MR) is 78.3 cm³/mol. The van der Waals surface area contributed by atoms with E-state index in [0.29, 0.717) is 5.82 Å². The summed E-state index contributed by atoms with van der Waals surface area (Å²) in [5.41, 5.74) is 0. The zero-order valence-corrected chi connectivity index (χ0v) is 13.1. The molecule has 0 spiro atoms. The van der Waals surface area contributed by atoms with Crippen LogP contribution in [0.5, 0.6) is 0 Å². The van der Waals surface area contributed by atoms with Crippen LogP contribution >= 0.6 is 38.9 Å². The molecule has 18 heavy (non-hydrogen) atoms. The first-order valence-electron chi connectivity index (χ1n) is 5.49. The molecule has 4 nitrogen and oxygen atoms in total. The van der Waals surface area contributed by atoms with E-state index >= 15 is 0 Å². The summed E-state index contributed by atoms with van der Waals surface area (Å²) in [7, 11) is 0. The highest BCUT2D eigenvalue weighted by molar-refractivity contribution is 9.10. The molecule has 1 atom stereocenters. The number of hydrogen-bond donors (Lipinski definition) is 1. The van der Waals surface area contributed by atoms with Crippen molar-refractivity contribution >= 4 is 44.7 Å². The molecular weight excluding hydrogens is 336 g/mol. The lowest BCUT2D eigenvalue weighted by Crippen LogP contribution is -2.08. The molecule has 2 rings (SSSR count). The lowest BCUT2D eigenvalue weighted by molar-refractivity contribution is 0.856. The van der Waals surface area contributed by atoms with Crippen molar-refractivity contribution in [2.75, 3.05) is 5.32 Å². The summed E-state index contributed by atoms with van der Waals surface area (Å²) in [6, 6.07) is 0.0811. The van der Waals surface area contributed by atoms with E-state index < -0.39 is 0 Å². The second-order valence-electron chi connectivity index (χ2n) is 3.72. The smallest absolute Gasteiger partial charge is 0.224 e. The first-order chi connectivity index (χ1) is 8.60. The lowest BCUT2D eigenvalue weighted by atomic mass is 10.3. The van der Waals surface area contributed by atoms with Gasteiger partial charge in [0.25, 0.3) is 0 Å². The molecule has 2 heterocycles. The van der Waals surface area contributed by atoms with Crippen LogP contribution in [0.25, 0.3) is 0 Å². The number of hydrogen-bond acceptors (Lipinski definition) is 5. The fraction of sp³-hybridized carbons (Fsp3) is 0.364. The van der Waals surface area contributed by atoms with Gasteiger partial charge in [-0.1, -0.05) is 6.92 Å². The van der Waals surface area contributed by atoms with Crippen molar-refractivity contribution in [2.45, 2.75) is 26.3 Å². The van der Waals surface area contributed by atoms with Crippen LogP contribution in [0.4, 0.5) is 5.82 Å². The largest absolute Gasteiger partial charge is 0.360 e. The van der Waals surface area contributed by atoms with Crippen molar-refractivity contribution in [3.05, 3.63) is 32.0 Å². The summed E-state index contributed by atoms with van der Waals surface area (Å²) < 4.78 is 0.783. The molecular formula is C11H12BrClN4S. The van der Waals surface area contributed by atoms with Crippen LogP contribution in [0, 0.1) is 0 Å². The molecule has 0 saturated heterocycles. The minimum Gasteiger partial charge on any atom is -0.360 e. The second kappa shape index (κ2) is 5.95. The third kappa shape index (κ3) is 3.18. The highest BCUT2D eigenvalue weighted by Gasteiger charge is 2.13. The minimum absolute atomic E-state index is 0.0811. The van der Waals surface area contributed by atoms with Gasteiger partial charge in [0.1, 0.15) is 10.8 Å². The minimum atomic E-state index is 0.0811. The number of rotatable bonds is 4. The van der Waals surface area contributed by atoms with Gasteiger partial charge < -0.3 is 5.32 Å². The summed E-state index contributed by atoms with van der Waals surface area (Å²) in [4.78, 5) is 13.7. The number of thiazole rings is 1. The Bertz CT molecular complexity index is 546. The van der Waals surface area contributed by atoms with Crippen LogP contribution in [0.1, 0.15) is 29.8 Å². The normalized spacial score (nSPS) is 12.4. The first-order valence-corrected chi connectivity index (χ1v) is 7.48. The van der Waals surface area contributed by atoms with Crippen LogP contribution in [-0.4, -0.2) is 15.0 Å². The molecule has 0 aromatic carbocycles. The molecule has 0 radical (unpaired) electrons. The van der Waals surface area contributed by atoms with Crippen molar-refractivity contribution < 1.29 is 0 Å². The van der Waals surface area contributed by atoms with Gasteiger partial charge in [0, 0.05) is 17.3 Å². The van der Waals surface area contributed by atoms with Gasteiger partial charge in [-0.3, -0.25) is 0 Å². The molecule has 1 N–H and O–H groups in total. The Kier molecular flexibility index (Phi) is 4.53. The molecule has 7 heteroatoms. The number of aromatic nitrogens is 3. The van der Waals surface area contributed by atoms with E-state index in [4.69, 9.17) is 11.6 Å². The van der Waals surface area contributed by atoms with Crippen LogP contribution in [0.2, 0.25) is 5.28 Å². The Labute approximate surface area is 123 Å². The molecule has 1 unspecified atom stereocenters. The average Bonchev–Trinajstić information content (AvgIpc) is 2.82. The topological polar surface area (TPSA) is 50.7 Å². The van der Waals surface area contributed by atoms with E-state index in [0.717, 1.165) is 15.9 Å². The van der Waals surface area contributed by atoms with E-state index in [1.807, 2.05) is 13.1 Å². The molecule has 2 aromatic heterocycles. The molecule has 0 aliphatic heterocycles. The van der Waals surface area contributed by atoms with E-state index in [9.17, 15) is 0 Å². The van der Waals surface area contributed by atoms with Crippen molar-refractivity contribution in [3.63, 3.8) is 0 Å². The Balaban J connectivity index is 2.15. The maximum Gasteiger partial charge on any atom is 0.224 e. The van der Waals surface area contributed by atoms with Crippen molar-refractivity contribution in [2.24, 2.45) is 0 Å². The standard InChI is InChI=1S/C11H12BrClN4S/c1-3-7-4-14-10(18-7)6(2)16-9-8(12)5-15-11(13)17-9/h4-6H,3H2,1-2H3,(H,15,16,17). The number of nitrogens with zero attached hydrogens (tertiary/aromatic N) is 3. The van der Waals surface area contributed by atoms with E-state index in [1.54, 1.807) is 17.5 Å². The molecule has 0 saturated carbocycles. The fourth-order valence-corrected chi connectivity index (χ4v) is 2.70. The molecule has 96 valence electrons. The zero-order chi connectivity index (χ0) is 13.1. The number of nitrogens with one attached hydrogen (secondary N) is 1. The summed E-state index contributed by atoms with van der Waals surface area (Å²) in [6.07, 6.45) is 4.55. The predicted octanol–water partition coefficient (Wildman–Crippen LogP) is 4.08. The third-order valence-corrected chi connectivity index (χ3v) is 4.45. The lowest BCUT2D eigenvalue weighted by Gasteiger charge is -2.12. The maximum atomic E-state index is 5.78. The summed E-state index contributed by atoms with van der Waals surface area (Å²) in [5.74, 6) is 0.677. The van der Waals surface area contributed by atoms with Crippen LogP contribution in [0.15, 0.2) is 16.9 Å². The third-order valence-electron chi connectivity index (χ3n) is 2.36. The van der Waals surface area contributed by atoms with Crippen molar-refractivity contribution in [1.82, 2.24) is 15.0 Å². The Morgan fingerprint density at radius 3 is 2.89 bits per heavy atom. The van der Waals surface area contributed by atoms with Gasteiger partial charge in [-0.25, -0.2) is 9.97 Å². The van der Waals surface area contributed by atoms with Gasteiger partial charge >= 0.3 is 0 Å². The molecule has 0 amide bonds. The maximum absolute atomic E-state index is 5.78. The number of anilines is 1. The van der Waals surface area contributed by atoms with Gasteiger partial charge in [0.2, 0.25) is 5.28 Å². The highest BCUT2D eigenvalue weighted by atomic mass is 79.9. The van der Waals surface area contributed by atoms with Gasteiger partial charge in [-0.05, 0) is 40.9 Å². The second-order valence-corrected chi connectivity index (χ2v) is 6.06. The highest BCUT2D eigenvalue weighted by Crippen LogP contribution is 2.27. The molecule has 0 aliphatic carbocycles. The molecule has 2 aromatic rings. The average molecular weight is 348 g/mol. The van der Waals surface area contributed by atoms with Gasteiger partial charge in [-0.2, -0.15) is 4.98 Å². The van der Waals surface area contributed by atoms with Crippen LogP contribution in [-0.2, 0) is 6.42 Å². The molecule has 0 bridgehead atoms. The quantitative estimate of drug-likeness (QED) is 0.847. The zero-order valence-electron chi connectivity index (χ0n) is 9.94. The van der Waals surface area contributed by atoms with Crippen molar-refractivity contribution in [1.29, 1.82) is 0 Å². The van der Waals surface area contributed by atoms with E-state index in [-0.39, 0.29) is 11.3 Å². The monoisotopic (exact) mass is 346 g/mol. The van der Waals surface area contributed by atoms with E-state index in [2.05, 4.69) is 43.1 Å². The Morgan fingerprint density at radius 2 is 2.22 bits per heavy atom. The van der Waals surface area contributed by atoms with Crippen molar-refractivity contribution in [3.8, 4) is 0 Å². The Morgan fingerprint density at radius 1 is 1.44 bits per heavy atom. The molecule has 0 aliphatic rings. The van der Waals surface area contributed by atoms with Crippen LogP contribution < -0.4 is 5.32 Å². The van der Waals surface area contributed by atoms with Crippen LogP contribution in [0.3, 0.4) is 0 Å². The van der Waals surface area contributed by atoms with Gasteiger partial charge in [0.15, 0.2) is 0 Å². The molecule has 0 fully saturated rings. The van der Waals surface area contributed by atoms with Gasteiger partial charge in [-0.15, -0.1) is 11.3 Å². The van der Waals surface area contributed by atoms with E-state index in [1.165, 1.54) is 4.88 Å². The fourth-order valence-electron chi connectivity index (χ4n) is 1.40. The SMILES string of the molecule is CCc1cnc(C(C)Nc2nc(Cl)ncc2Br)s1. The Hall–Kier alpha value is -0.720. The number of aryl methyl sites for hydroxylation is 1. The first kappa shape index (κ1) is 13.7.